The summed E-state index contributed by atoms with van der Waals surface area (Å²) in [5, 5.41) is 59.4. The molecule has 29 N–H and O–H groups in total. The Morgan fingerprint density at radius 3 is 1.19 bits per heavy atom. The Kier molecular flexibility index (Phi) is 38.7. The molecule has 0 aliphatic carbocycles. The van der Waals surface area contributed by atoms with Crippen molar-refractivity contribution in [2.75, 3.05) is 59.0 Å². The average molecular weight is 1370 g/mol. The third-order valence-corrected chi connectivity index (χ3v) is 14.2. The van der Waals surface area contributed by atoms with Crippen LogP contribution in [0.3, 0.4) is 0 Å². The van der Waals surface area contributed by atoms with Gasteiger partial charge in [-0.2, -0.15) is 0 Å². The van der Waals surface area contributed by atoms with E-state index in [9.17, 15) is 82.4 Å². The summed E-state index contributed by atoms with van der Waals surface area (Å²) in [6, 6.07) is -14.4. The zero-order valence-electron chi connectivity index (χ0n) is 55.3. The Labute approximate surface area is 555 Å². The maximum absolute atomic E-state index is 14.3. The molecule has 1 fully saturated rings. The van der Waals surface area contributed by atoms with E-state index in [1.165, 1.54) is 18.7 Å². The van der Waals surface area contributed by atoms with Crippen molar-refractivity contribution in [3.63, 3.8) is 0 Å². The van der Waals surface area contributed by atoms with Gasteiger partial charge in [0.1, 0.15) is 60.4 Å². The number of nitrogens with zero attached hydrogens (tertiary/aromatic N) is 4. The van der Waals surface area contributed by atoms with Crippen LogP contribution in [-0.4, -0.2) is 246 Å². The summed E-state index contributed by atoms with van der Waals surface area (Å²) in [7, 11) is 0. The Balaban J connectivity index is 3.40. The fourth-order valence-corrected chi connectivity index (χ4v) is 9.26. The van der Waals surface area contributed by atoms with Gasteiger partial charge in [0.05, 0.1) is 39.0 Å². The zero-order chi connectivity index (χ0) is 72.9. The van der Waals surface area contributed by atoms with Crippen molar-refractivity contribution in [3.8, 4) is 0 Å². The molecule has 0 radical (unpaired) electrons. The number of likely N-dealkylation sites (tertiary alicyclic amines) is 1. The fourth-order valence-electron chi connectivity index (χ4n) is 9.26. The number of hydrogen-bond acceptors (Lipinski definition) is 20. The van der Waals surface area contributed by atoms with Crippen molar-refractivity contribution < 1.29 is 82.4 Å². The van der Waals surface area contributed by atoms with Crippen LogP contribution in [0.2, 0.25) is 0 Å². The number of carbonyl (C=O) groups is 14. The Morgan fingerprint density at radius 1 is 0.448 bits per heavy atom. The summed E-state index contributed by atoms with van der Waals surface area (Å²) in [5.74, 6) is -13.9. The van der Waals surface area contributed by atoms with E-state index in [0.717, 1.165) is 6.92 Å². The van der Waals surface area contributed by atoms with E-state index in [1.807, 2.05) is 0 Å². The van der Waals surface area contributed by atoms with E-state index in [0.29, 0.717) is 19.4 Å². The molecule has 11 atom stereocenters. The van der Waals surface area contributed by atoms with Gasteiger partial charge >= 0.3 is 0 Å². The monoisotopic (exact) mass is 1370 g/mol. The molecule has 40 nitrogen and oxygen atoms in total. The molecule has 96 heavy (non-hydrogen) atoms. The molecule has 0 unspecified atom stereocenters. The van der Waals surface area contributed by atoms with Crippen molar-refractivity contribution in [1.29, 1.82) is 0 Å². The summed E-state index contributed by atoms with van der Waals surface area (Å²) < 4.78 is 0. The Morgan fingerprint density at radius 2 is 0.792 bits per heavy atom. The highest BCUT2D eigenvalue weighted by atomic mass is 16.3. The SMILES string of the molecule is CC(=O)N1CCC[C@H]1C(=O)NCC(=O)N[C@@H](CC(C)C)C(=O)N[C@@H](CCCN=C(N)N)C(=O)N[C@@H](CC(C)C)C(=O)N[C@@H](CCCN=C(N)N)C(=O)N[C@@H](CO)C(=O)NCC(=O)N[C@@H](CCCN=C(N)N)C(=O)N[C@@H](CO)C(=O)N[C@H](C(=O)NCC(=O)N[C@@H](C)C(N)=O)[C@@H](C)O. The summed E-state index contributed by atoms with van der Waals surface area (Å²) >= 11 is 0. The first kappa shape index (κ1) is 84.3. The molecule has 1 rings (SSSR count). The van der Waals surface area contributed by atoms with Gasteiger partial charge in [0.15, 0.2) is 17.9 Å². The van der Waals surface area contributed by atoms with Crippen molar-refractivity contribution >= 4 is 101 Å². The highest BCUT2D eigenvalue weighted by molar-refractivity contribution is 5.99. The largest absolute Gasteiger partial charge is 0.394 e. The molecular formula is C56H101N23O17. The smallest absolute Gasteiger partial charge is 0.245 e. The molecule has 0 spiro atoms. The van der Waals surface area contributed by atoms with Gasteiger partial charge in [-0.05, 0) is 89.9 Å². The number of rotatable bonds is 44. The van der Waals surface area contributed by atoms with Crippen molar-refractivity contribution in [3.05, 3.63) is 0 Å². The number of amides is 14. The first-order valence-corrected chi connectivity index (χ1v) is 31.2. The Bertz CT molecular complexity index is 2760. The van der Waals surface area contributed by atoms with Crippen LogP contribution in [-0.2, 0) is 67.1 Å². The van der Waals surface area contributed by atoms with Crippen LogP contribution in [0.25, 0.3) is 0 Å². The minimum Gasteiger partial charge on any atom is -0.394 e. The summed E-state index contributed by atoms with van der Waals surface area (Å²) in [6.07, 6.45) is -0.980. The van der Waals surface area contributed by atoms with Crippen LogP contribution in [0, 0.1) is 11.8 Å². The lowest BCUT2D eigenvalue weighted by Crippen LogP contribution is -2.60. The lowest BCUT2D eigenvalue weighted by atomic mass is 10.00. The molecule has 1 aliphatic heterocycles. The molecular weight excluding hydrogens is 1270 g/mol. The Hall–Kier alpha value is -9.73. The van der Waals surface area contributed by atoms with Gasteiger partial charge in [0.2, 0.25) is 82.7 Å². The third kappa shape index (κ3) is 33.4. The molecule has 14 amide bonds. The number of carbonyl (C=O) groups excluding carboxylic acids is 14. The molecule has 542 valence electrons. The number of aliphatic imine (C=N–C) groups is 3. The van der Waals surface area contributed by atoms with E-state index >= 15 is 0 Å². The summed E-state index contributed by atoms with van der Waals surface area (Å²) in [4.78, 5) is 198. The number of guanidine groups is 3. The van der Waals surface area contributed by atoms with Gasteiger partial charge < -0.3 is 124 Å². The van der Waals surface area contributed by atoms with Gasteiger partial charge in [-0.25, -0.2) is 0 Å². The average Bonchev–Trinajstić information content (AvgIpc) is 1.54. The first-order valence-electron chi connectivity index (χ1n) is 31.2. The quantitative estimate of drug-likeness (QED) is 0.0153. The van der Waals surface area contributed by atoms with E-state index in [-0.39, 0.29) is 107 Å². The minimum absolute atomic E-state index is 0.0102. The van der Waals surface area contributed by atoms with Crippen molar-refractivity contribution in [1.82, 2.24) is 68.7 Å². The maximum atomic E-state index is 14.3. The second kappa shape index (κ2) is 44.0. The van der Waals surface area contributed by atoms with Gasteiger partial charge in [-0.3, -0.25) is 82.1 Å². The number of aliphatic hydroxyl groups excluding tert-OH is 3. The van der Waals surface area contributed by atoms with Gasteiger partial charge in [0.25, 0.3) is 0 Å². The van der Waals surface area contributed by atoms with Crippen LogP contribution in [0.1, 0.15) is 113 Å². The van der Waals surface area contributed by atoms with Crippen LogP contribution in [0.15, 0.2) is 15.0 Å². The second-order valence-corrected chi connectivity index (χ2v) is 23.5. The van der Waals surface area contributed by atoms with E-state index < -0.39 is 176 Å². The predicted octanol–water partition coefficient (Wildman–Crippen LogP) is -11.2. The number of nitrogens with two attached hydrogens (primary N) is 7. The van der Waals surface area contributed by atoms with Crippen molar-refractivity contribution in [2.45, 2.75) is 179 Å². The lowest BCUT2D eigenvalue weighted by molar-refractivity contribution is -0.137. The number of aliphatic hydroxyl groups is 3. The lowest BCUT2D eigenvalue weighted by Gasteiger charge is -2.28. The van der Waals surface area contributed by atoms with Gasteiger partial charge in [0, 0.05) is 33.1 Å². The number of primary amides is 1. The van der Waals surface area contributed by atoms with Crippen LogP contribution < -0.4 is 104 Å². The molecule has 1 heterocycles. The van der Waals surface area contributed by atoms with Crippen LogP contribution in [0.4, 0.5) is 0 Å². The molecule has 0 aromatic rings. The maximum Gasteiger partial charge on any atom is 0.245 e. The normalized spacial score (nSPS) is 15.6. The topological polar surface area (TPSA) is 666 Å². The second-order valence-electron chi connectivity index (χ2n) is 23.5. The molecule has 40 heteroatoms. The highest BCUT2D eigenvalue weighted by Gasteiger charge is 2.37. The summed E-state index contributed by atoms with van der Waals surface area (Å²) in [6.45, 7) is 6.65. The zero-order valence-corrected chi connectivity index (χ0v) is 55.3. The van der Waals surface area contributed by atoms with E-state index in [4.69, 9.17) is 40.1 Å². The molecule has 0 aromatic carbocycles. The first-order chi connectivity index (χ1) is 45.0. The molecule has 0 saturated carbocycles. The summed E-state index contributed by atoms with van der Waals surface area (Å²) in [5.41, 5.74) is 38.0. The van der Waals surface area contributed by atoms with Crippen molar-refractivity contribution in [2.24, 2.45) is 66.9 Å². The molecule has 1 aliphatic rings. The molecule has 0 aromatic heterocycles. The number of hydrogen-bond donors (Lipinski definition) is 22. The van der Waals surface area contributed by atoms with Gasteiger partial charge in [-0.1, -0.05) is 27.7 Å². The predicted molar refractivity (Wildman–Crippen MR) is 346 cm³/mol. The standard InChI is InChI=1S/C56H101N23O17/c1-27(2)20-35(72-42(86)24-68-52(95)39-15-11-19-79(39)31(7)83)49(92)73-33(13-9-17-65-55(60)61)47(90)75-36(21-28(3)4)50(93)74-34(14-10-18-66-56(62)63)48(91)76-37(25-80)45(88)67-23-41(85)71-32(12-8-16-64-54(58)59)46(89)77-38(26-81)51(94)78-43(30(6)82)53(96)69-22-40(84)70-29(5)44(57)87/h27-30,32-39,43,80-82H,8-26H2,1-7H3,(H2,57,87)(H,67,88)(H,68,95)(H,69,96)(H,70,84)(H,71,85)(H,72,86)(H,73,92)(H,74,93)(H,75,90)(H,76,91)(H,77,89)(H,78,94)(H4,58,59,64)(H4,60,61,65)(H4,62,63,66)/t29-,30+,32-,33-,34-,35-,36-,37-,38-,39-,43-/m0/s1. The number of nitrogens with one attached hydrogen (secondary N) is 12. The minimum atomic E-state index is -1.83. The van der Waals surface area contributed by atoms with Gasteiger partial charge in [-0.15, -0.1) is 0 Å². The van der Waals surface area contributed by atoms with E-state index in [2.05, 4.69) is 78.8 Å². The highest BCUT2D eigenvalue weighted by Crippen LogP contribution is 2.17. The fraction of sp³-hybridized carbons (Fsp3) is 0.696. The molecule has 0 bridgehead atoms. The molecule has 1 saturated heterocycles. The van der Waals surface area contributed by atoms with Crippen LogP contribution >= 0.6 is 0 Å². The van der Waals surface area contributed by atoms with E-state index in [1.54, 1.807) is 27.7 Å². The third-order valence-electron chi connectivity index (χ3n) is 14.2. The van der Waals surface area contributed by atoms with Crippen LogP contribution in [0.5, 0.6) is 0 Å².